The van der Waals surface area contributed by atoms with Gasteiger partial charge in [-0.05, 0) is 60.7 Å². The van der Waals surface area contributed by atoms with Crippen molar-refractivity contribution in [1.29, 1.82) is 0 Å². The summed E-state index contributed by atoms with van der Waals surface area (Å²) in [6.45, 7) is 0.299. The fraction of sp³-hybridized carbons (Fsp3) is 0.412. The van der Waals surface area contributed by atoms with Crippen LogP contribution in [0, 0.1) is 0 Å². The third kappa shape index (κ3) is 10.2. The first kappa shape index (κ1) is 34.8. The summed E-state index contributed by atoms with van der Waals surface area (Å²) < 4.78 is 32.9. The summed E-state index contributed by atoms with van der Waals surface area (Å²) in [5.74, 6) is 0.0406. The number of sulfonamides is 1. The molecule has 1 atom stereocenters. The van der Waals surface area contributed by atoms with Crippen molar-refractivity contribution in [3.05, 3.63) is 93.4 Å². The lowest BCUT2D eigenvalue weighted by Gasteiger charge is -2.34. The molecular weight excluding hydrogens is 678 g/mol. The molecule has 0 aliphatic heterocycles. The van der Waals surface area contributed by atoms with E-state index < -0.39 is 16.1 Å². The Hall–Kier alpha value is -3.08. The molecule has 11 heteroatoms. The van der Waals surface area contributed by atoms with Crippen molar-refractivity contribution in [1.82, 2.24) is 10.2 Å². The van der Waals surface area contributed by atoms with Gasteiger partial charge in [-0.2, -0.15) is 0 Å². The van der Waals surface area contributed by atoms with Crippen LogP contribution in [0.1, 0.15) is 56.1 Å². The SMILES string of the molecule is COc1ccc(N(CCCC(=O)N(Cc2cccc(Br)c2)C(Cc2ccccc2)C(=O)NC2CCCCC2)S(C)(=O)=O)cc1Cl. The number of nitrogens with one attached hydrogen (secondary N) is 1. The largest absolute Gasteiger partial charge is 0.495 e. The van der Waals surface area contributed by atoms with Crippen LogP contribution in [0.2, 0.25) is 5.02 Å². The van der Waals surface area contributed by atoms with Crippen molar-refractivity contribution in [2.75, 3.05) is 24.2 Å². The molecule has 0 heterocycles. The Balaban J connectivity index is 1.59. The second-order valence-corrected chi connectivity index (χ2v) is 14.7. The summed E-state index contributed by atoms with van der Waals surface area (Å²) in [7, 11) is -2.19. The highest BCUT2D eigenvalue weighted by molar-refractivity contribution is 9.10. The van der Waals surface area contributed by atoms with Gasteiger partial charge in [0, 0.05) is 36.4 Å². The molecule has 0 aromatic heterocycles. The summed E-state index contributed by atoms with van der Waals surface area (Å²) >= 11 is 9.82. The fourth-order valence-corrected chi connectivity index (χ4v) is 7.40. The minimum absolute atomic E-state index is 0.0475. The van der Waals surface area contributed by atoms with Crippen molar-refractivity contribution < 1.29 is 22.7 Å². The number of hydrogen-bond acceptors (Lipinski definition) is 5. The maximum Gasteiger partial charge on any atom is 0.243 e. The van der Waals surface area contributed by atoms with E-state index in [0.717, 1.165) is 47.5 Å². The molecule has 1 N–H and O–H groups in total. The molecule has 1 saturated carbocycles. The number of amides is 2. The molecular formula is C34H41BrClN3O5S. The quantitative estimate of drug-likeness (QED) is 0.199. The van der Waals surface area contributed by atoms with Crippen LogP contribution < -0.4 is 14.4 Å². The highest BCUT2D eigenvalue weighted by atomic mass is 79.9. The summed E-state index contributed by atoms with van der Waals surface area (Å²) in [4.78, 5) is 29.7. The predicted molar refractivity (Wildman–Crippen MR) is 183 cm³/mol. The van der Waals surface area contributed by atoms with E-state index in [1.54, 1.807) is 17.0 Å². The van der Waals surface area contributed by atoms with Crippen LogP contribution in [0.4, 0.5) is 5.69 Å². The third-order valence-corrected chi connectivity index (χ3v) is 10.0. The Kier molecular flexibility index (Phi) is 12.7. The van der Waals surface area contributed by atoms with Gasteiger partial charge in [0.05, 0.1) is 24.1 Å². The van der Waals surface area contributed by atoms with Crippen LogP contribution in [-0.4, -0.2) is 57.1 Å². The summed E-state index contributed by atoms with van der Waals surface area (Å²) in [5.41, 5.74) is 2.22. The van der Waals surface area contributed by atoms with Gasteiger partial charge in [0.2, 0.25) is 21.8 Å². The van der Waals surface area contributed by atoms with Crippen molar-refractivity contribution in [3.8, 4) is 5.75 Å². The molecule has 4 rings (SSSR count). The number of anilines is 1. The minimum Gasteiger partial charge on any atom is -0.495 e. The Morgan fingerprint density at radius 2 is 1.71 bits per heavy atom. The number of rotatable bonds is 14. The highest BCUT2D eigenvalue weighted by Gasteiger charge is 2.32. The molecule has 1 aliphatic carbocycles. The smallest absolute Gasteiger partial charge is 0.243 e. The molecule has 0 bridgehead atoms. The number of benzene rings is 3. The molecule has 45 heavy (non-hydrogen) atoms. The topological polar surface area (TPSA) is 96.0 Å². The maximum absolute atomic E-state index is 14.1. The number of methoxy groups -OCH3 is 1. The number of ether oxygens (including phenoxy) is 1. The standard InChI is InChI=1S/C34H41BrClN3O5S/c1-44-32-19-18-29(23-30(32)36)39(45(2,42)43)20-10-17-33(40)38(24-26-13-9-14-27(35)21-26)31(22-25-11-5-3-6-12-25)34(41)37-28-15-7-4-8-16-28/h3,5-6,9,11-14,18-19,21,23,28,31H,4,7-8,10,15-17,20,22,24H2,1-2H3,(H,37,41). The fourth-order valence-electron chi connectivity index (χ4n) is 5.74. The van der Waals surface area contributed by atoms with E-state index in [9.17, 15) is 18.0 Å². The zero-order chi connectivity index (χ0) is 32.4. The zero-order valence-electron chi connectivity index (χ0n) is 25.8. The van der Waals surface area contributed by atoms with E-state index in [4.69, 9.17) is 16.3 Å². The van der Waals surface area contributed by atoms with E-state index in [1.807, 2.05) is 54.6 Å². The van der Waals surface area contributed by atoms with Crippen LogP contribution in [0.25, 0.3) is 0 Å². The molecule has 3 aromatic carbocycles. The number of hydrogen-bond donors (Lipinski definition) is 1. The molecule has 1 fully saturated rings. The average molecular weight is 719 g/mol. The number of nitrogens with zero attached hydrogens (tertiary/aromatic N) is 2. The molecule has 242 valence electrons. The van der Waals surface area contributed by atoms with Gasteiger partial charge in [-0.1, -0.05) is 89.3 Å². The molecule has 2 amide bonds. The molecule has 3 aromatic rings. The zero-order valence-corrected chi connectivity index (χ0v) is 28.9. The predicted octanol–water partition coefficient (Wildman–Crippen LogP) is 6.75. The number of halogens is 2. The second kappa shape index (κ2) is 16.5. The number of carbonyl (C=O) groups excluding carboxylic acids is 2. The van der Waals surface area contributed by atoms with Gasteiger partial charge in [0.15, 0.2) is 0 Å². The van der Waals surface area contributed by atoms with E-state index in [0.29, 0.717) is 17.9 Å². The Morgan fingerprint density at radius 1 is 1.00 bits per heavy atom. The molecule has 8 nitrogen and oxygen atoms in total. The van der Waals surface area contributed by atoms with E-state index >= 15 is 0 Å². The van der Waals surface area contributed by atoms with Crippen LogP contribution in [0.3, 0.4) is 0 Å². The van der Waals surface area contributed by atoms with Crippen LogP contribution in [-0.2, 0) is 32.6 Å². The van der Waals surface area contributed by atoms with Crippen molar-refractivity contribution in [2.24, 2.45) is 0 Å². The minimum atomic E-state index is -3.67. The lowest BCUT2D eigenvalue weighted by atomic mass is 9.94. The molecule has 1 unspecified atom stereocenters. The van der Waals surface area contributed by atoms with Gasteiger partial charge >= 0.3 is 0 Å². The van der Waals surface area contributed by atoms with Gasteiger partial charge in [0.25, 0.3) is 0 Å². The average Bonchev–Trinajstić information content (AvgIpc) is 3.01. The van der Waals surface area contributed by atoms with Crippen molar-refractivity contribution in [3.63, 3.8) is 0 Å². The van der Waals surface area contributed by atoms with Gasteiger partial charge in [-0.15, -0.1) is 0 Å². The van der Waals surface area contributed by atoms with Crippen LogP contribution >= 0.6 is 27.5 Å². The monoisotopic (exact) mass is 717 g/mol. The Bertz CT molecular complexity index is 1550. The van der Waals surface area contributed by atoms with E-state index in [2.05, 4.69) is 21.2 Å². The normalized spacial score (nSPS) is 14.4. The first-order valence-electron chi connectivity index (χ1n) is 15.2. The van der Waals surface area contributed by atoms with Crippen molar-refractivity contribution >= 4 is 55.1 Å². The molecule has 0 radical (unpaired) electrons. The maximum atomic E-state index is 14.1. The lowest BCUT2D eigenvalue weighted by molar-refractivity contribution is -0.141. The number of carbonyl (C=O) groups is 2. The molecule has 1 aliphatic rings. The first-order chi connectivity index (χ1) is 21.5. The lowest BCUT2D eigenvalue weighted by Crippen LogP contribution is -2.52. The summed E-state index contributed by atoms with van der Waals surface area (Å²) in [6, 6.07) is 21.5. The van der Waals surface area contributed by atoms with Crippen molar-refractivity contribution in [2.45, 2.75) is 70.0 Å². The van der Waals surface area contributed by atoms with Gasteiger partial charge < -0.3 is 15.0 Å². The highest BCUT2D eigenvalue weighted by Crippen LogP contribution is 2.30. The van der Waals surface area contributed by atoms with Crippen LogP contribution in [0.5, 0.6) is 5.75 Å². The first-order valence-corrected chi connectivity index (χ1v) is 18.3. The van der Waals surface area contributed by atoms with Gasteiger partial charge in [0.1, 0.15) is 11.8 Å². The van der Waals surface area contributed by atoms with Gasteiger partial charge in [-0.3, -0.25) is 13.9 Å². The second-order valence-electron chi connectivity index (χ2n) is 11.5. The summed E-state index contributed by atoms with van der Waals surface area (Å²) in [5, 5.41) is 3.53. The Morgan fingerprint density at radius 3 is 2.36 bits per heavy atom. The Labute approximate surface area is 280 Å². The van der Waals surface area contributed by atoms with Gasteiger partial charge in [-0.25, -0.2) is 8.42 Å². The molecule has 0 spiro atoms. The summed E-state index contributed by atoms with van der Waals surface area (Å²) in [6.07, 6.45) is 6.95. The third-order valence-electron chi connectivity index (χ3n) is 8.04. The van der Waals surface area contributed by atoms with E-state index in [-0.39, 0.29) is 48.8 Å². The van der Waals surface area contributed by atoms with Crippen LogP contribution in [0.15, 0.2) is 77.3 Å². The van der Waals surface area contributed by atoms with E-state index in [1.165, 1.54) is 23.9 Å². The molecule has 0 saturated heterocycles.